The van der Waals surface area contributed by atoms with Crippen LogP contribution >= 0.6 is 0 Å². The highest BCUT2D eigenvalue weighted by atomic mass is 19.2. The van der Waals surface area contributed by atoms with Gasteiger partial charge in [-0.1, -0.05) is 0 Å². The summed E-state index contributed by atoms with van der Waals surface area (Å²) in [5.41, 5.74) is -0.419. The van der Waals surface area contributed by atoms with Crippen LogP contribution < -0.4 is 11.0 Å². The lowest BCUT2D eigenvalue weighted by atomic mass is 10.2. The first-order valence-electron chi connectivity index (χ1n) is 8.13. The Morgan fingerprint density at radius 2 is 1.07 bits per heavy atom. The maximum absolute atomic E-state index is 13.6. The molecule has 6 nitrogen and oxygen atoms in total. The van der Waals surface area contributed by atoms with Gasteiger partial charge in [0.2, 0.25) is 0 Å². The Bertz CT molecular complexity index is 1200. The van der Waals surface area contributed by atoms with Crippen molar-refractivity contribution in [1.82, 2.24) is 18.9 Å². The first kappa shape index (κ1) is 18.0. The Kier molecular flexibility index (Phi) is 4.68. The summed E-state index contributed by atoms with van der Waals surface area (Å²) in [5.74, 6) is 0. The molecule has 28 heavy (non-hydrogen) atoms. The molecule has 4 aromatic rings. The second kappa shape index (κ2) is 7.29. The first-order valence-corrected chi connectivity index (χ1v) is 8.13. The van der Waals surface area contributed by atoms with Gasteiger partial charge in [0.1, 0.15) is 22.3 Å². The number of hydrogen-bond donors (Lipinski definition) is 0. The van der Waals surface area contributed by atoms with E-state index in [2.05, 4.69) is 20.2 Å². The van der Waals surface area contributed by atoms with Crippen molar-refractivity contribution >= 4 is 36.9 Å². The van der Waals surface area contributed by atoms with Crippen molar-refractivity contribution in [1.29, 1.82) is 0 Å². The molecule has 0 bridgehead atoms. The predicted molar refractivity (Wildman–Crippen MR) is 97.3 cm³/mol. The SMILES string of the molecule is FB(F)n1/c(=N\N=c2/ccc3cccnc3n2B(F)F)ccc2cccnc21. The lowest BCUT2D eigenvalue weighted by molar-refractivity contribution is 0.618. The molecule has 0 aliphatic rings. The number of halogens is 4. The van der Waals surface area contributed by atoms with E-state index in [-0.39, 0.29) is 22.3 Å². The van der Waals surface area contributed by atoms with Gasteiger partial charge < -0.3 is 0 Å². The molecule has 0 unspecified atom stereocenters. The van der Waals surface area contributed by atoms with Gasteiger partial charge in [0.25, 0.3) is 0 Å². The molecule has 0 fully saturated rings. The topological polar surface area (TPSA) is 60.4 Å². The predicted octanol–water partition coefficient (Wildman–Crippen LogP) is 2.35. The largest absolute Gasteiger partial charge is 0.680 e. The molecule has 0 saturated carbocycles. The third-order valence-corrected chi connectivity index (χ3v) is 4.05. The summed E-state index contributed by atoms with van der Waals surface area (Å²) < 4.78 is 55.5. The monoisotopic (exact) mass is 384 g/mol. The Morgan fingerprint density at radius 1 is 0.643 bits per heavy atom. The molecule has 0 amide bonds. The van der Waals surface area contributed by atoms with Crippen molar-refractivity contribution in [3.05, 3.63) is 71.9 Å². The highest BCUT2D eigenvalue weighted by Gasteiger charge is 2.22. The molecule has 0 atom stereocenters. The van der Waals surface area contributed by atoms with Crippen molar-refractivity contribution in [3.8, 4) is 0 Å². The first-order chi connectivity index (χ1) is 13.6. The highest BCUT2D eigenvalue weighted by molar-refractivity contribution is 6.42. The molecular formula is C16H10B2F4N6. The van der Waals surface area contributed by atoms with E-state index in [0.29, 0.717) is 19.7 Å². The minimum atomic E-state index is -2.94. The van der Waals surface area contributed by atoms with Crippen LogP contribution in [-0.4, -0.2) is 33.7 Å². The zero-order chi connectivity index (χ0) is 19.7. The number of fused-ring (bicyclic) bond motifs is 2. The molecule has 4 heterocycles. The van der Waals surface area contributed by atoms with Crippen molar-refractivity contribution in [2.24, 2.45) is 10.2 Å². The van der Waals surface area contributed by atoms with Gasteiger partial charge >= 0.3 is 14.8 Å². The molecule has 0 radical (unpaired) electrons. The molecule has 4 rings (SSSR count). The van der Waals surface area contributed by atoms with Crippen LogP contribution in [0.1, 0.15) is 0 Å². The van der Waals surface area contributed by atoms with E-state index in [0.717, 1.165) is 0 Å². The van der Waals surface area contributed by atoms with Crippen LogP contribution in [0.4, 0.5) is 17.3 Å². The fraction of sp³-hybridized carbons (Fsp3) is 0. The second-order valence-electron chi connectivity index (χ2n) is 5.71. The van der Waals surface area contributed by atoms with Crippen LogP contribution in [0.15, 0.2) is 71.1 Å². The summed E-state index contributed by atoms with van der Waals surface area (Å²) in [6.07, 6.45) is 2.75. The van der Waals surface area contributed by atoms with Crippen LogP contribution in [0, 0.1) is 0 Å². The molecule has 4 aromatic heterocycles. The van der Waals surface area contributed by atoms with Crippen molar-refractivity contribution in [2.45, 2.75) is 0 Å². The molecule has 0 saturated heterocycles. The van der Waals surface area contributed by atoms with Gasteiger partial charge in [0, 0.05) is 23.2 Å². The van der Waals surface area contributed by atoms with Gasteiger partial charge in [-0.15, -0.1) is 10.2 Å². The number of hydrogen-bond acceptors (Lipinski definition) is 4. The summed E-state index contributed by atoms with van der Waals surface area (Å²) >= 11 is 0. The van der Waals surface area contributed by atoms with E-state index < -0.39 is 14.8 Å². The quantitative estimate of drug-likeness (QED) is 0.310. The van der Waals surface area contributed by atoms with E-state index in [1.807, 2.05) is 0 Å². The fourth-order valence-electron chi connectivity index (χ4n) is 2.84. The lowest BCUT2D eigenvalue weighted by Gasteiger charge is -2.08. The zero-order valence-corrected chi connectivity index (χ0v) is 14.1. The molecule has 0 aromatic carbocycles. The maximum atomic E-state index is 13.6. The zero-order valence-electron chi connectivity index (χ0n) is 14.1. The average Bonchev–Trinajstić information content (AvgIpc) is 2.70. The van der Waals surface area contributed by atoms with Gasteiger partial charge in [-0.05, 0) is 48.5 Å². The summed E-state index contributed by atoms with van der Waals surface area (Å²) in [7, 11) is -5.87. The normalized spacial score (nSPS) is 12.7. The van der Waals surface area contributed by atoms with Gasteiger partial charge in [0.15, 0.2) is 0 Å². The van der Waals surface area contributed by atoms with Crippen LogP contribution in [0.5, 0.6) is 0 Å². The number of pyridine rings is 4. The van der Waals surface area contributed by atoms with Crippen LogP contribution in [0.25, 0.3) is 22.1 Å². The second-order valence-corrected chi connectivity index (χ2v) is 5.71. The minimum Gasteiger partial charge on any atom is -0.293 e. The van der Waals surface area contributed by atoms with Crippen LogP contribution in [0.3, 0.4) is 0 Å². The molecule has 0 N–H and O–H groups in total. The van der Waals surface area contributed by atoms with Crippen LogP contribution in [-0.2, 0) is 0 Å². The number of rotatable bonds is 3. The third kappa shape index (κ3) is 3.17. The standard InChI is InChI=1S/C16H10B2F4N6/c19-17(20)27-13(7-5-11-3-1-9-23-15(11)27)25-26-14-8-6-12-4-2-10-24-16(12)28(14)18(21)22/h1-10H/b25-13-,26-14+. The smallest absolute Gasteiger partial charge is 0.293 e. The summed E-state index contributed by atoms with van der Waals surface area (Å²) in [6, 6.07) is 12.2. The molecular weight excluding hydrogens is 374 g/mol. The average molecular weight is 384 g/mol. The Hall–Kier alpha value is -3.43. The Morgan fingerprint density at radius 3 is 1.46 bits per heavy atom. The van der Waals surface area contributed by atoms with E-state index in [4.69, 9.17) is 0 Å². The number of aromatic nitrogens is 4. The van der Waals surface area contributed by atoms with Gasteiger partial charge in [-0.25, -0.2) is 9.97 Å². The van der Waals surface area contributed by atoms with E-state index in [1.165, 1.54) is 24.5 Å². The van der Waals surface area contributed by atoms with Crippen molar-refractivity contribution in [3.63, 3.8) is 0 Å². The molecule has 138 valence electrons. The summed E-state index contributed by atoms with van der Waals surface area (Å²) in [4.78, 5) is 7.90. The highest BCUT2D eigenvalue weighted by Crippen LogP contribution is 2.10. The maximum Gasteiger partial charge on any atom is 0.680 e. The van der Waals surface area contributed by atoms with Gasteiger partial charge in [0.05, 0.1) is 0 Å². The number of nitrogens with zero attached hydrogens (tertiary/aromatic N) is 6. The molecule has 12 heteroatoms. The fourth-order valence-corrected chi connectivity index (χ4v) is 2.84. The van der Waals surface area contributed by atoms with Crippen LogP contribution in [0.2, 0.25) is 0 Å². The molecule has 0 aliphatic heterocycles. The van der Waals surface area contributed by atoms with E-state index in [1.54, 1.807) is 36.4 Å². The van der Waals surface area contributed by atoms with Gasteiger partial charge in [-0.2, -0.15) is 0 Å². The Balaban J connectivity index is 2.00. The Labute approximate surface area is 155 Å². The minimum absolute atomic E-state index is 0.0101. The summed E-state index contributed by atoms with van der Waals surface area (Å²) in [5, 5.41) is 8.54. The molecule has 0 aliphatic carbocycles. The molecule has 0 spiro atoms. The third-order valence-electron chi connectivity index (χ3n) is 4.05. The van der Waals surface area contributed by atoms with E-state index >= 15 is 0 Å². The van der Waals surface area contributed by atoms with E-state index in [9.17, 15) is 17.3 Å². The van der Waals surface area contributed by atoms with Crippen molar-refractivity contribution < 1.29 is 17.3 Å². The van der Waals surface area contributed by atoms with Gasteiger partial charge in [-0.3, -0.25) is 26.2 Å². The van der Waals surface area contributed by atoms with Crippen molar-refractivity contribution in [2.75, 3.05) is 0 Å². The summed E-state index contributed by atoms with van der Waals surface area (Å²) in [6.45, 7) is 0. The lowest BCUT2D eigenvalue weighted by Crippen LogP contribution is -2.32.